The summed E-state index contributed by atoms with van der Waals surface area (Å²) >= 11 is 3.44. The van der Waals surface area contributed by atoms with E-state index in [0.29, 0.717) is 6.42 Å². The minimum Gasteiger partial charge on any atom is -0.457 e. The van der Waals surface area contributed by atoms with E-state index in [4.69, 9.17) is 4.74 Å². The van der Waals surface area contributed by atoms with E-state index in [1.54, 1.807) is 0 Å². The van der Waals surface area contributed by atoms with Gasteiger partial charge in [-0.05, 0) is 30.5 Å². The van der Waals surface area contributed by atoms with E-state index < -0.39 is 0 Å². The fraction of sp³-hybridized carbons (Fsp3) is 0.364. The van der Waals surface area contributed by atoms with E-state index in [2.05, 4.69) is 22.0 Å². The Balaban J connectivity index is 2.24. The lowest BCUT2D eigenvalue weighted by Crippen LogP contribution is -1.98. The molecule has 1 aromatic carbocycles. The van der Waals surface area contributed by atoms with Crippen molar-refractivity contribution in [2.75, 3.05) is 0 Å². The van der Waals surface area contributed by atoms with Crippen molar-refractivity contribution in [3.63, 3.8) is 0 Å². The summed E-state index contributed by atoms with van der Waals surface area (Å²) in [6, 6.07) is 6.06. The molecule has 0 aromatic heterocycles. The van der Waals surface area contributed by atoms with Gasteiger partial charge in [0.05, 0.1) is 0 Å². The molecule has 0 bridgehead atoms. The number of rotatable bonds is 1. The van der Waals surface area contributed by atoms with Crippen LogP contribution in [-0.2, 0) is 9.53 Å². The third kappa shape index (κ3) is 1.82. The van der Waals surface area contributed by atoms with Gasteiger partial charge in [-0.3, -0.25) is 4.79 Å². The number of ether oxygens (including phenoxy) is 1. The van der Waals surface area contributed by atoms with Gasteiger partial charge >= 0.3 is 5.97 Å². The third-order valence-electron chi connectivity index (χ3n) is 2.44. The molecule has 1 aliphatic rings. The highest BCUT2D eigenvalue weighted by Gasteiger charge is 2.24. The summed E-state index contributed by atoms with van der Waals surface area (Å²) in [6.45, 7) is 2.03. The first-order valence-corrected chi connectivity index (χ1v) is 5.41. The van der Waals surface area contributed by atoms with Crippen LogP contribution in [-0.4, -0.2) is 5.97 Å². The van der Waals surface area contributed by atoms with Crippen LogP contribution in [0, 0.1) is 6.92 Å². The van der Waals surface area contributed by atoms with E-state index in [-0.39, 0.29) is 12.1 Å². The second kappa shape index (κ2) is 3.73. The predicted octanol–water partition coefficient (Wildman–Crippen LogP) is 3.14. The van der Waals surface area contributed by atoms with Crippen molar-refractivity contribution >= 4 is 21.9 Å². The first-order chi connectivity index (χ1) is 6.66. The smallest absolute Gasteiger partial charge is 0.306 e. The molecule has 14 heavy (non-hydrogen) atoms. The van der Waals surface area contributed by atoms with Crippen LogP contribution in [0.15, 0.2) is 22.7 Å². The molecule has 0 saturated carbocycles. The quantitative estimate of drug-likeness (QED) is 0.720. The summed E-state index contributed by atoms with van der Waals surface area (Å²) in [5.74, 6) is -0.0874. The molecule has 1 fully saturated rings. The number of carbonyl (C=O) groups excluding carboxylic acids is 1. The predicted molar refractivity (Wildman–Crippen MR) is 56.9 cm³/mol. The lowest BCUT2D eigenvalue weighted by Gasteiger charge is -2.10. The topological polar surface area (TPSA) is 26.3 Å². The minimum atomic E-state index is -0.0874. The van der Waals surface area contributed by atoms with Crippen molar-refractivity contribution in [3.8, 4) is 0 Å². The molecule has 2 rings (SSSR count). The first kappa shape index (κ1) is 9.71. The third-order valence-corrected chi connectivity index (χ3v) is 3.33. The van der Waals surface area contributed by atoms with Gasteiger partial charge in [0.2, 0.25) is 0 Å². The summed E-state index contributed by atoms with van der Waals surface area (Å²) in [4.78, 5) is 10.9. The number of halogens is 1. The molecule has 1 aliphatic heterocycles. The molecule has 0 spiro atoms. The summed E-state index contributed by atoms with van der Waals surface area (Å²) in [6.07, 6.45) is 1.31. The second-order valence-corrected chi connectivity index (χ2v) is 4.38. The molecule has 0 aliphatic carbocycles. The van der Waals surface area contributed by atoms with Gasteiger partial charge in [-0.15, -0.1) is 0 Å². The van der Waals surface area contributed by atoms with Gasteiger partial charge < -0.3 is 4.74 Å². The molecule has 0 radical (unpaired) electrons. The number of aryl methyl sites for hydroxylation is 1. The minimum absolute atomic E-state index is 0.0331. The molecule has 74 valence electrons. The summed E-state index contributed by atoms with van der Waals surface area (Å²) in [7, 11) is 0. The van der Waals surface area contributed by atoms with E-state index in [0.717, 1.165) is 16.5 Å². The zero-order valence-corrected chi connectivity index (χ0v) is 9.50. The number of hydrogen-bond donors (Lipinski definition) is 0. The first-order valence-electron chi connectivity index (χ1n) is 4.62. The van der Waals surface area contributed by atoms with Gasteiger partial charge in [-0.2, -0.15) is 0 Å². The number of hydrogen-bond acceptors (Lipinski definition) is 2. The fourth-order valence-electron chi connectivity index (χ4n) is 1.63. The van der Waals surface area contributed by atoms with Crippen LogP contribution < -0.4 is 0 Å². The van der Waals surface area contributed by atoms with Gasteiger partial charge in [0, 0.05) is 10.9 Å². The number of carbonyl (C=O) groups is 1. The molecule has 1 aromatic rings. The molecule has 1 heterocycles. The number of esters is 1. The van der Waals surface area contributed by atoms with Crippen molar-refractivity contribution in [3.05, 3.63) is 33.8 Å². The maximum absolute atomic E-state index is 10.9. The van der Waals surface area contributed by atoms with E-state index in [1.165, 1.54) is 5.56 Å². The van der Waals surface area contributed by atoms with Crippen LogP contribution in [0.5, 0.6) is 0 Å². The Bertz CT molecular complexity index is 374. The zero-order chi connectivity index (χ0) is 10.1. The molecule has 0 N–H and O–H groups in total. The number of cyclic esters (lactones) is 1. The molecular weight excluding hydrogens is 244 g/mol. The van der Waals surface area contributed by atoms with Crippen LogP contribution in [0.25, 0.3) is 0 Å². The lowest BCUT2D eigenvalue weighted by molar-refractivity contribution is -0.141. The zero-order valence-electron chi connectivity index (χ0n) is 7.92. The Morgan fingerprint density at radius 1 is 1.50 bits per heavy atom. The number of benzene rings is 1. The Morgan fingerprint density at radius 3 is 2.86 bits per heavy atom. The van der Waals surface area contributed by atoms with Gasteiger partial charge in [0.25, 0.3) is 0 Å². The van der Waals surface area contributed by atoms with Gasteiger partial charge in [0.1, 0.15) is 6.10 Å². The second-order valence-electron chi connectivity index (χ2n) is 3.53. The Labute approximate surface area is 91.4 Å². The molecular formula is C11H11BrO2. The average Bonchev–Trinajstić information content (AvgIpc) is 2.57. The summed E-state index contributed by atoms with van der Waals surface area (Å²) in [5.41, 5.74) is 2.27. The Morgan fingerprint density at radius 2 is 2.29 bits per heavy atom. The van der Waals surface area contributed by atoms with E-state index in [9.17, 15) is 4.79 Å². The van der Waals surface area contributed by atoms with Crippen molar-refractivity contribution in [1.29, 1.82) is 0 Å². The molecule has 1 unspecified atom stereocenters. The van der Waals surface area contributed by atoms with Gasteiger partial charge in [-0.25, -0.2) is 0 Å². The molecule has 0 amide bonds. The highest BCUT2D eigenvalue weighted by atomic mass is 79.9. The monoisotopic (exact) mass is 254 g/mol. The Kier molecular flexibility index (Phi) is 2.59. The molecule has 3 heteroatoms. The Hall–Kier alpha value is -0.830. The standard InChI is InChI=1S/C11H11BrO2/c1-7-6-8(2-3-9(7)12)10-4-5-11(13)14-10/h2-3,6,10H,4-5H2,1H3. The highest BCUT2D eigenvalue weighted by molar-refractivity contribution is 9.10. The van der Waals surface area contributed by atoms with Crippen molar-refractivity contribution in [2.24, 2.45) is 0 Å². The largest absolute Gasteiger partial charge is 0.457 e. The van der Waals surface area contributed by atoms with Crippen molar-refractivity contribution in [1.82, 2.24) is 0 Å². The summed E-state index contributed by atoms with van der Waals surface area (Å²) < 4.78 is 6.28. The SMILES string of the molecule is Cc1cc(C2CCC(=O)O2)ccc1Br. The fourth-order valence-corrected chi connectivity index (χ4v) is 1.87. The molecule has 2 nitrogen and oxygen atoms in total. The summed E-state index contributed by atoms with van der Waals surface area (Å²) in [5, 5.41) is 0. The average molecular weight is 255 g/mol. The van der Waals surface area contributed by atoms with Crippen LogP contribution >= 0.6 is 15.9 Å². The normalized spacial score (nSPS) is 21.0. The van der Waals surface area contributed by atoms with Crippen LogP contribution in [0.3, 0.4) is 0 Å². The maximum Gasteiger partial charge on any atom is 0.306 e. The molecule has 1 saturated heterocycles. The van der Waals surface area contributed by atoms with Gasteiger partial charge in [0.15, 0.2) is 0 Å². The van der Waals surface area contributed by atoms with Gasteiger partial charge in [-0.1, -0.05) is 28.1 Å². The van der Waals surface area contributed by atoms with Crippen LogP contribution in [0.4, 0.5) is 0 Å². The lowest BCUT2D eigenvalue weighted by atomic mass is 10.0. The van der Waals surface area contributed by atoms with E-state index in [1.807, 2.05) is 19.1 Å². The van der Waals surface area contributed by atoms with Crippen LogP contribution in [0.1, 0.15) is 30.1 Å². The maximum atomic E-state index is 10.9. The van der Waals surface area contributed by atoms with Crippen LogP contribution in [0.2, 0.25) is 0 Å². The van der Waals surface area contributed by atoms with E-state index >= 15 is 0 Å². The highest BCUT2D eigenvalue weighted by Crippen LogP contribution is 2.31. The van der Waals surface area contributed by atoms with Crippen molar-refractivity contribution < 1.29 is 9.53 Å². The van der Waals surface area contributed by atoms with Crippen molar-refractivity contribution in [2.45, 2.75) is 25.9 Å². The molecule has 1 atom stereocenters.